The summed E-state index contributed by atoms with van der Waals surface area (Å²) in [6.07, 6.45) is 0. The van der Waals surface area contributed by atoms with Crippen molar-refractivity contribution in [1.82, 2.24) is 5.32 Å². The Morgan fingerprint density at radius 3 is 2.41 bits per heavy atom. The number of esters is 1. The van der Waals surface area contributed by atoms with Gasteiger partial charge in [-0.15, -0.1) is 0 Å². The van der Waals surface area contributed by atoms with E-state index in [1.165, 1.54) is 0 Å². The summed E-state index contributed by atoms with van der Waals surface area (Å²) >= 11 is 0. The van der Waals surface area contributed by atoms with E-state index in [0.717, 1.165) is 27.5 Å². The van der Waals surface area contributed by atoms with Crippen LogP contribution in [-0.2, 0) is 14.3 Å². The minimum absolute atomic E-state index is 0.0495. The van der Waals surface area contributed by atoms with Crippen molar-refractivity contribution in [2.75, 3.05) is 13.2 Å². The summed E-state index contributed by atoms with van der Waals surface area (Å²) in [6, 6.07) is 28.9. The third-order valence-corrected chi connectivity index (χ3v) is 6.30. The molecule has 4 aromatic carbocycles. The van der Waals surface area contributed by atoms with Gasteiger partial charge in [0.2, 0.25) is 5.88 Å². The number of carbonyl (C=O) groups is 2. The van der Waals surface area contributed by atoms with Crippen molar-refractivity contribution in [3.8, 4) is 11.5 Å². The molecule has 1 unspecified atom stereocenters. The SMILES string of the molecule is CCOC(=O)C1=C(NC(=O)COc2ccccc2C)Oc2ccc3ccccc3c2C1c1ccccc1. The van der Waals surface area contributed by atoms with Gasteiger partial charge in [-0.25, -0.2) is 4.79 Å². The average Bonchev–Trinajstić information content (AvgIpc) is 2.92. The van der Waals surface area contributed by atoms with Crippen LogP contribution in [0.25, 0.3) is 10.8 Å². The molecule has 1 N–H and O–H groups in total. The van der Waals surface area contributed by atoms with Crippen LogP contribution in [0.2, 0.25) is 0 Å². The largest absolute Gasteiger partial charge is 0.483 e. The Morgan fingerprint density at radius 1 is 0.892 bits per heavy atom. The van der Waals surface area contributed by atoms with Gasteiger partial charge >= 0.3 is 5.97 Å². The highest BCUT2D eigenvalue weighted by Gasteiger charge is 2.38. The van der Waals surface area contributed by atoms with Crippen LogP contribution in [0.4, 0.5) is 0 Å². The zero-order valence-corrected chi connectivity index (χ0v) is 20.7. The van der Waals surface area contributed by atoms with Crippen LogP contribution in [0.15, 0.2) is 102 Å². The van der Waals surface area contributed by atoms with Gasteiger partial charge in [-0.2, -0.15) is 0 Å². The maximum absolute atomic E-state index is 13.4. The lowest BCUT2D eigenvalue weighted by atomic mass is 9.80. The van der Waals surface area contributed by atoms with Crippen molar-refractivity contribution < 1.29 is 23.8 Å². The molecule has 0 radical (unpaired) electrons. The first-order chi connectivity index (χ1) is 18.1. The Hall–Kier alpha value is -4.58. The first kappa shape index (κ1) is 24.1. The zero-order valence-electron chi connectivity index (χ0n) is 20.7. The number of para-hydroxylation sites is 1. The first-order valence-corrected chi connectivity index (χ1v) is 12.2. The summed E-state index contributed by atoms with van der Waals surface area (Å²) in [7, 11) is 0. The predicted octanol–water partition coefficient (Wildman–Crippen LogP) is 5.64. The van der Waals surface area contributed by atoms with E-state index in [1.54, 1.807) is 13.0 Å². The molecule has 0 bridgehead atoms. The Bertz CT molecular complexity index is 1490. The first-order valence-electron chi connectivity index (χ1n) is 12.2. The molecule has 4 aromatic rings. The molecule has 6 heteroatoms. The maximum Gasteiger partial charge on any atom is 0.340 e. The normalized spacial score (nSPS) is 14.5. The summed E-state index contributed by atoms with van der Waals surface area (Å²) in [5.41, 5.74) is 2.89. The van der Waals surface area contributed by atoms with Gasteiger partial charge in [0.05, 0.1) is 12.5 Å². The molecule has 0 spiro atoms. The fourth-order valence-corrected chi connectivity index (χ4v) is 4.62. The highest BCUT2D eigenvalue weighted by molar-refractivity contribution is 5.97. The van der Waals surface area contributed by atoms with E-state index in [-0.39, 0.29) is 24.7 Å². The second-order valence-corrected chi connectivity index (χ2v) is 8.71. The van der Waals surface area contributed by atoms with Gasteiger partial charge in [-0.05, 0) is 47.9 Å². The van der Waals surface area contributed by atoms with Crippen molar-refractivity contribution in [3.05, 3.63) is 119 Å². The van der Waals surface area contributed by atoms with Crippen molar-refractivity contribution in [2.45, 2.75) is 19.8 Å². The minimum atomic E-state index is -0.551. The lowest BCUT2D eigenvalue weighted by molar-refractivity contribution is -0.139. The molecule has 37 heavy (non-hydrogen) atoms. The van der Waals surface area contributed by atoms with Gasteiger partial charge in [-0.1, -0.05) is 78.9 Å². The molecule has 0 aromatic heterocycles. The Kier molecular flexibility index (Phi) is 6.90. The molecule has 186 valence electrons. The van der Waals surface area contributed by atoms with Crippen LogP contribution in [0.5, 0.6) is 11.5 Å². The van der Waals surface area contributed by atoms with Crippen molar-refractivity contribution in [1.29, 1.82) is 0 Å². The van der Waals surface area contributed by atoms with Gasteiger partial charge in [0, 0.05) is 5.56 Å². The second kappa shape index (κ2) is 10.6. The molecule has 0 saturated heterocycles. The number of ether oxygens (including phenoxy) is 3. The van der Waals surface area contributed by atoms with Crippen molar-refractivity contribution in [2.24, 2.45) is 0 Å². The molecule has 1 atom stereocenters. The van der Waals surface area contributed by atoms with Crippen LogP contribution in [0, 0.1) is 6.92 Å². The number of hydrogen-bond donors (Lipinski definition) is 1. The standard InChI is InChI=1S/C31H27NO5/c1-3-35-31(34)29-27(22-13-5-4-6-14-22)28-23-15-9-8-12-21(23)17-18-25(28)37-30(29)32-26(33)19-36-24-16-10-7-11-20(24)2/h4-18,27H,3,19H2,1-2H3,(H,32,33). The van der Waals surface area contributed by atoms with Crippen molar-refractivity contribution >= 4 is 22.6 Å². The van der Waals surface area contributed by atoms with Crippen LogP contribution >= 0.6 is 0 Å². The van der Waals surface area contributed by atoms with E-state index in [4.69, 9.17) is 14.2 Å². The third-order valence-electron chi connectivity index (χ3n) is 6.30. The van der Waals surface area contributed by atoms with Gasteiger partial charge in [0.25, 0.3) is 5.91 Å². The number of nitrogens with one attached hydrogen (secondary N) is 1. The predicted molar refractivity (Wildman–Crippen MR) is 141 cm³/mol. The summed E-state index contributed by atoms with van der Waals surface area (Å²) in [5, 5.41) is 4.76. The average molecular weight is 494 g/mol. The molecule has 0 saturated carbocycles. The lowest BCUT2D eigenvalue weighted by Crippen LogP contribution is -2.36. The van der Waals surface area contributed by atoms with Gasteiger partial charge in [0.1, 0.15) is 17.1 Å². The molecule has 0 aliphatic carbocycles. The van der Waals surface area contributed by atoms with Crippen LogP contribution in [0.1, 0.15) is 29.5 Å². The molecule has 0 fully saturated rings. The van der Waals surface area contributed by atoms with E-state index in [1.807, 2.05) is 91.9 Å². The Balaban J connectivity index is 1.58. The molecular weight excluding hydrogens is 466 g/mol. The van der Waals surface area contributed by atoms with Crippen molar-refractivity contribution in [3.63, 3.8) is 0 Å². The summed E-state index contributed by atoms with van der Waals surface area (Å²) in [6.45, 7) is 3.60. The number of hydrogen-bond acceptors (Lipinski definition) is 5. The van der Waals surface area contributed by atoms with Gasteiger partial charge in [-0.3, -0.25) is 10.1 Å². The summed E-state index contributed by atoms with van der Waals surface area (Å²) in [4.78, 5) is 26.4. The topological polar surface area (TPSA) is 73.9 Å². The molecular formula is C31H27NO5. The van der Waals surface area contributed by atoms with E-state index in [2.05, 4.69) is 5.32 Å². The molecule has 1 aliphatic heterocycles. The molecule has 5 rings (SSSR count). The maximum atomic E-state index is 13.4. The second-order valence-electron chi connectivity index (χ2n) is 8.71. The number of amides is 1. The monoisotopic (exact) mass is 493 g/mol. The minimum Gasteiger partial charge on any atom is -0.483 e. The van der Waals surface area contributed by atoms with Gasteiger partial charge in [0.15, 0.2) is 6.61 Å². The lowest BCUT2D eigenvalue weighted by Gasteiger charge is -2.31. The molecule has 6 nitrogen and oxygen atoms in total. The third kappa shape index (κ3) is 4.91. The number of carbonyl (C=O) groups excluding carboxylic acids is 2. The number of aryl methyl sites for hydroxylation is 1. The number of benzene rings is 4. The smallest absolute Gasteiger partial charge is 0.340 e. The van der Waals surface area contributed by atoms with Crippen LogP contribution < -0.4 is 14.8 Å². The molecule has 1 amide bonds. The number of rotatable bonds is 7. The van der Waals surface area contributed by atoms with E-state index < -0.39 is 17.8 Å². The fourth-order valence-electron chi connectivity index (χ4n) is 4.62. The molecule has 1 aliphatic rings. The molecule has 1 heterocycles. The zero-order chi connectivity index (χ0) is 25.8. The van der Waals surface area contributed by atoms with Gasteiger partial charge < -0.3 is 14.2 Å². The van der Waals surface area contributed by atoms with E-state index >= 15 is 0 Å². The number of fused-ring (bicyclic) bond motifs is 3. The fraction of sp³-hybridized carbons (Fsp3) is 0.161. The quantitative estimate of drug-likeness (QED) is 0.337. The Morgan fingerprint density at radius 2 is 1.62 bits per heavy atom. The van der Waals surface area contributed by atoms with Crippen LogP contribution in [-0.4, -0.2) is 25.1 Å². The summed E-state index contributed by atoms with van der Waals surface area (Å²) in [5.74, 6) is -0.283. The highest BCUT2D eigenvalue weighted by atomic mass is 16.5. The van der Waals surface area contributed by atoms with E-state index in [0.29, 0.717) is 11.5 Å². The van der Waals surface area contributed by atoms with Crippen LogP contribution in [0.3, 0.4) is 0 Å². The van der Waals surface area contributed by atoms with E-state index in [9.17, 15) is 9.59 Å². The highest BCUT2D eigenvalue weighted by Crippen LogP contribution is 2.46. The summed E-state index contributed by atoms with van der Waals surface area (Å²) < 4.78 is 17.4. The Labute approximate surface area is 215 Å².